The minimum atomic E-state index is -0.121. The molecule has 3 aromatic heterocycles. The molecule has 0 N–H and O–H groups in total. The van der Waals surface area contributed by atoms with E-state index >= 15 is 0 Å². The maximum atomic E-state index is 13.5. The average Bonchev–Trinajstić information content (AvgIpc) is 3.42. The SMILES string of the molecule is Cc1ccc(C)c(-n2c(=O)c3ccccc3n3c(SCc4nc(C(C)C)no4)nnc23)c1. The van der Waals surface area contributed by atoms with Crippen LogP contribution in [0.2, 0.25) is 0 Å². The van der Waals surface area contributed by atoms with Gasteiger partial charge in [0.25, 0.3) is 5.56 Å². The lowest BCUT2D eigenvalue weighted by atomic mass is 10.1. The Morgan fingerprint density at radius 1 is 1.09 bits per heavy atom. The number of benzene rings is 2. The Bertz CT molecular complexity index is 1510. The predicted octanol–water partition coefficient (Wildman–Crippen LogP) is 4.45. The van der Waals surface area contributed by atoms with E-state index in [-0.39, 0.29) is 11.5 Å². The second-order valence-corrected chi connectivity index (χ2v) is 9.00. The summed E-state index contributed by atoms with van der Waals surface area (Å²) >= 11 is 1.44. The van der Waals surface area contributed by atoms with Crippen LogP contribution in [0.5, 0.6) is 0 Å². The first-order valence-corrected chi connectivity index (χ1v) is 11.3. The topological polar surface area (TPSA) is 91.1 Å². The second-order valence-electron chi connectivity index (χ2n) is 8.06. The molecule has 0 aliphatic heterocycles. The molecule has 0 saturated carbocycles. The molecule has 162 valence electrons. The molecule has 0 unspecified atom stereocenters. The Labute approximate surface area is 188 Å². The fourth-order valence-electron chi connectivity index (χ4n) is 3.64. The van der Waals surface area contributed by atoms with Crippen LogP contribution in [0.3, 0.4) is 0 Å². The molecule has 3 heterocycles. The standard InChI is InChI=1S/C23H22N6O2S/c1-13(2)20-24-19(31-27-20)12-32-23-26-25-22-28(18-11-14(3)9-10-15(18)4)21(30)16-7-5-6-8-17(16)29(22)23/h5-11,13H,12H2,1-4H3. The predicted molar refractivity (Wildman–Crippen MR) is 124 cm³/mol. The third-order valence-electron chi connectivity index (χ3n) is 5.33. The second kappa shape index (κ2) is 7.90. The summed E-state index contributed by atoms with van der Waals surface area (Å²) in [6.45, 7) is 8.03. The summed E-state index contributed by atoms with van der Waals surface area (Å²) in [5.41, 5.74) is 3.49. The highest BCUT2D eigenvalue weighted by Gasteiger charge is 2.20. The zero-order valence-electron chi connectivity index (χ0n) is 18.2. The van der Waals surface area contributed by atoms with E-state index < -0.39 is 0 Å². The van der Waals surface area contributed by atoms with Crippen molar-refractivity contribution >= 4 is 28.4 Å². The van der Waals surface area contributed by atoms with Crippen LogP contribution < -0.4 is 5.56 Å². The molecule has 0 radical (unpaired) electrons. The molecular weight excluding hydrogens is 424 g/mol. The molecule has 0 bridgehead atoms. The number of thioether (sulfide) groups is 1. The average molecular weight is 447 g/mol. The minimum absolute atomic E-state index is 0.121. The molecule has 0 spiro atoms. The molecule has 8 nitrogen and oxygen atoms in total. The Kier molecular flexibility index (Phi) is 5.05. The highest BCUT2D eigenvalue weighted by Crippen LogP contribution is 2.26. The Balaban J connectivity index is 1.69. The zero-order chi connectivity index (χ0) is 22.4. The monoisotopic (exact) mass is 446 g/mol. The van der Waals surface area contributed by atoms with Gasteiger partial charge in [0.1, 0.15) is 0 Å². The van der Waals surface area contributed by atoms with Crippen molar-refractivity contribution in [3.05, 3.63) is 75.7 Å². The molecule has 0 atom stereocenters. The van der Waals surface area contributed by atoms with Crippen LogP contribution >= 0.6 is 11.8 Å². The van der Waals surface area contributed by atoms with Gasteiger partial charge in [-0.2, -0.15) is 4.98 Å². The summed E-state index contributed by atoms with van der Waals surface area (Å²) < 4.78 is 8.93. The van der Waals surface area contributed by atoms with Gasteiger partial charge in [-0.1, -0.05) is 55.0 Å². The van der Waals surface area contributed by atoms with Crippen LogP contribution in [0.1, 0.15) is 42.6 Å². The molecule has 0 saturated heterocycles. The fraction of sp³-hybridized carbons (Fsp3) is 0.261. The van der Waals surface area contributed by atoms with Gasteiger partial charge in [-0.15, -0.1) is 10.2 Å². The van der Waals surface area contributed by atoms with Crippen molar-refractivity contribution in [2.75, 3.05) is 0 Å². The Morgan fingerprint density at radius 2 is 1.91 bits per heavy atom. The summed E-state index contributed by atoms with van der Waals surface area (Å²) in [7, 11) is 0. The minimum Gasteiger partial charge on any atom is -0.338 e. The normalized spacial score (nSPS) is 11.8. The molecule has 2 aromatic carbocycles. The lowest BCUT2D eigenvalue weighted by Gasteiger charge is -2.13. The van der Waals surface area contributed by atoms with E-state index in [0.29, 0.717) is 33.8 Å². The summed E-state index contributed by atoms with van der Waals surface area (Å²) in [6, 6.07) is 13.6. The van der Waals surface area contributed by atoms with Gasteiger partial charge in [0.15, 0.2) is 11.0 Å². The largest absolute Gasteiger partial charge is 0.338 e. The van der Waals surface area contributed by atoms with Gasteiger partial charge in [0, 0.05) is 5.92 Å². The fourth-order valence-corrected chi connectivity index (χ4v) is 4.41. The Hall–Kier alpha value is -3.46. The van der Waals surface area contributed by atoms with Gasteiger partial charge in [-0.3, -0.25) is 9.20 Å². The van der Waals surface area contributed by atoms with Crippen LogP contribution in [-0.4, -0.2) is 29.3 Å². The van der Waals surface area contributed by atoms with Gasteiger partial charge in [-0.05, 0) is 43.2 Å². The molecule has 0 aliphatic rings. The van der Waals surface area contributed by atoms with Crippen LogP contribution in [0.25, 0.3) is 22.4 Å². The third-order valence-corrected chi connectivity index (χ3v) is 6.24. The number of aryl methyl sites for hydroxylation is 2. The van der Waals surface area contributed by atoms with E-state index in [1.165, 1.54) is 11.8 Å². The van der Waals surface area contributed by atoms with E-state index in [2.05, 4.69) is 20.3 Å². The first-order valence-electron chi connectivity index (χ1n) is 10.4. The maximum absolute atomic E-state index is 13.5. The number of rotatable bonds is 5. The van der Waals surface area contributed by atoms with Gasteiger partial charge in [-0.25, -0.2) is 4.57 Å². The molecule has 0 fully saturated rings. The van der Waals surface area contributed by atoms with E-state index in [4.69, 9.17) is 4.52 Å². The molecule has 5 aromatic rings. The van der Waals surface area contributed by atoms with Crippen LogP contribution in [-0.2, 0) is 5.75 Å². The summed E-state index contributed by atoms with van der Waals surface area (Å²) in [5, 5.41) is 14.1. The molecule has 9 heteroatoms. The van der Waals surface area contributed by atoms with E-state index in [0.717, 1.165) is 22.3 Å². The smallest absolute Gasteiger partial charge is 0.267 e. The molecular formula is C23H22N6O2S. The quantitative estimate of drug-likeness (QED) is 0.368. The van der Waals surface area contributed by atoms with Crippen molar-refractivity contribution < 1.29 is 4.52 Å². The van der Waals surface area contributed by atoms with Gasteiger partial charge >= 0.3 is 0 Å². The Morgan fingerprint density at radius 3 is 2.69 bits per heavy atom. The number of hydrogen-bond donors (Lipinski definition) is 0. The summed E-state index contributed by atoms with van der Waals surface area (Å²) in [5.74, 6) is 2.33. The highest BCUT2D eigenvalue weighted by molar-refractivity contribution is 7.98. The van der Waals surface area contributed by atoms with Crippen molar-refractivity contribution in [3.8, 4) is 5.69 Å². The van der Waals surface area contributed by atoms with Crippen molar-refractivity contribution in [1.82, 2.24) is 29.3 Å². The van der Waals surface area contributed by atoms with Gasteiger partial charge < -0.3 is 4.52 Å². The van der Waals surface area contributed by atoms with E-state index in [9.17, 15) is 4.79 Å². The van der Waals surface area contributed by atoms with Gasteiger partial charge in [0.2, 0.25) is 11.7 Å². The van der Waals surface area contributed by atoms with Gasteiger partial charge in [0.05, 0.1) is 22.3 Å². The summed E-state index contributed by atoms with van der Waals surface area (Å²) in [6.07, 6.45) is 0. The molecule has 0 aliphatic carbocycles. The number of aromatic nitrogens is 6. The van der Waals surface area contributed by atoms with Crippen molar-refractivity contribution in [3.63, 3.8) is 0 Å². The van der Waals surface area contributed by atoms with E-state index in [1.807, 2.05) is 74.6 Å². The maximum Gasteiger partial charge on any atom is 0.267 e. The first-order chi connectivity index (χ1) is 15.4. The molecule has 0 amide bonds. The third kappa shape index (κ3) is 3.38. The highest BCUT2D eigenvalue weighted by atomic mass is 32.2. The van der Waals surface area contributed by atoms with Crippen LogP contribution in [0.15, 0.2) is 56.9 Å². The van der Waals surface area contributed by atoms with Crippen molar-refractivity contribution in [2.24, 2.45) is 0 Å². The lowest BCUT2D eigenvalue weighted by Crippen LogP contribution is -2.22. The van der Waals surface area contributed by atoms with E-state index in [1.54, 1.807) is 4.57 Å². The zero-order valence-corrected chi connectivity index (χ0v) is 19.1. The number of hydrogen-bond acceptors (Lipinski definition) is 7. The summed E-state index contributed by atoms with van der Waals surface area (Å²) in [4.78, 5) is 17.9. The van der Waals surface area contributed by atoms with Crippen LogP contribution in [0.4, 0.5) is 0 Å². The van der Waals surface area contributed by atoms with Crippen molar-refractivity contribution in [1.29, 1.82) is 0 Å². The lowest BCUT2D eigenvalue weighted by molar-refractivity contribution is 0.383. The molecule has 5 rings (SSSR count). The number of para-hydroxylation sites is 1. The number of fused-ring (bicyclic) bond motifs is 3. The van der Waals surface area contributed by atoms with Crippen molar-refractivity contribution in [2.45, 2.75) is 44.5 Å². The molecule has 32 heavy (non-hydrogen) atoms. The van der Waals surface area contributed by atoms with Crippen LogP contribution in [0, 0.1) is 13.8 Å². The number of nitrogens with zero attached hydrogens (tertiary/aromatic N) is 6. The first kappa shape index (κ1) is 20.4.